The second-order valence-electron chi connectivity index (χ2n) is 12.8. The van der Waals surface area contributed by atoms with Crippen LogP contribution in [0.4, 0.5) is 5.69 Å². The topological polar surface area (TPSA) is 86.8 Å². The van der Waals surface area contributed by atoms with Crippen LogP contribution in [0.15, 0.2) is 95.9 Å². The van der Waals surface area contributed by atoms with E-state index in [1.807, 2.05) is 84.0 Å². The maximum atomic E-state index is 14.7. The van der Waals surface area contributed by atoms with Crippen molar-refractivity contribution in [3.63, 3.8) is 0 Å². The largest absolute Gasteiger partial charge is 0.350 e. The molecule has 0 fully saturated rings. The van der Waals surface area contributed by atoms with Crippen LogP contribution in [0.2, 0.25) is 10.0 Å². The van der Waals surface area contributed by atoms with E-state index in [9.17, 15) is 18.0 Å². The van der Waals surface area contributed by atoms with Crippen molar-refractivity contribution in [3.05, 3.63) is 129 Å². The minimum Gasteiger partial charge on any atom is -0.350 e. The van der Waals surface area contributed by atoms with E-state index in [-0.39, 0.29) is 23.8 Å². The van der Waals surface area contributed by atoms with Crippen molar-refractivity contribution in [2.75, 3.05) is 10.8 Å². The number of rotatable bonds is 11. The average Bonchev–Trinajstić information content (AvgIpc) is 2.98. The Morgan fingerprint density at radius 1 is 0.830 bits per heavy atom. The average molecular weight is 695 g/mol. The van der Waals surface area contributed by atoms with Gasteiger partial charge in [-0.05, 0) is 88.6 Å². The Bertz CT molecular complexity index is 1840. The molecule has 0 spiro atoms. The number of aryl methyl sites for hydroxylation is 3. The molecule has 0 aliphatic rings. The van der Waals surface area contributed by atoms with Crippen LogP contribution < -0.4 is 9.62 Å². The molecule has 0 aliphatic heterocycles. The van der Waals surface area contributed by atoms with Gasteiger partial charge < -0.3 is 10.2 Å². The van der Waals surface area contributed by atoms with Gasteiger partial charge >= 0.3 is 0 Å². The number of carbonyl (C=O) groups excluding carboxylic acids is 2. The Morgan fingerprint density at radius 2 is 1.47 bits per heavy atom. The number of hydrogen-bond donors (Lipinski definition) is 1. The van der Waals surface area contributed by atoms with Crippen LogP contribution in [-0.4, -0.2) is 43.3 Å². The van der Waals surface area contributed by atoms with Gasteiger partial charge in [0.2, 0.25) is 11.8 Å². The van der Waals surface area contributed by atoms with Gasteiger partial charge in [-0.15, -0.1) is 0 Å². The van der Waals surface area contributed by atoms with Crippen LogP contribution in [-0.2, 0) is 32.6 Å². The molecule has 2 amide bonds. The fourth-order valence-corrected chi connectivity index (χ4v) is 7.22. The van der Waals surface area contributed by atoms with E-state index in [0.29, 0.717) is 26.9 Å². The Labute approximate surface area is 288 Å². The summed E-state index contributed by atoms with van der Waals surface area (Å²) >= 11 is 12.8. The van der Waals surface area contributed by atoms with E-state index in [2.05, 4.69) is 5.32 Å². The van der Waals surface area contributed by atoms with E-state index in [1.54, 1.807) is 36.4 Å². The Morgan fingerprint density at radius 3 is 2.06 bits per heavy atom. The van der Waals surface area contributed by atoms with Crippen molar-refractivity contribution in [2.24, 2.45) is 0 Å². The van der Waals surface area contributed by atoms with Gasteiger partial charge in [0.25, 0.3) is 10.0 Å². The van der Waals surface area contributed by atoms with Crippen molar-refractivity contribution < 1.29 is 18.0 Å². The third kappa shape index (κ3) is 9.37. The fraction of sp³-hybridized carbons (Fsp3) is 0.297. The molecule has 4 aromatic carbocycles. The third-order valence-corrected chi connectivity index (χ3v) is 9.99. The highest BCUT2D eigenvalue weighted by atomic mass is 35.5. The Kier molecular flexibility index (Phi) is 11.4. The van der Waals surface area contributed by atoms with E-state index in [0.717, 1.165) is 21.0 Å². The lowest BCUT2D eigenvalue weighted by Gasteiger charge is -2.35. The molecule has 1 N–H and O–H groups in total. The summed E-state index contributed by atoms with van der Waals surface area (Å²) in [4.78, 5) is 30.2. The SMILES string of the molecule is Cc1ccc(S(=O)(=O)N(CC(=O)N(Cc2ccc(Cl)cc2Cl)[C@H](Cc2ccccc2)C(=O)NC(C)(C)C)c2ccc(C)cc2C)cc1. The zero-order valence-electron chi connectivity index (χ0n) is 27.6. The lowest BCUT2D eigenvalue weighted by molar-refractivity contribution is -0.140. The van der Waals surface area contributed by atoms with Crippen molar-refractivity contribution in [1.29, 1.82) is 0 Å². The van der Waals surface area contributed by atoms with Gasteiger partial charge in [0, 0.05) is 28.5 Å². The first-order valence-electron chi connectivity index (χ1n) is 15.3. The number of benzene rings is 4. The number of amides is 2. The van der Waals surface area contributed by atoms with Gasteiger partial charge in [-0.1, -0.05) is 95.0 Å². The molecule has 0 unspecified atom stereocenters. The van der Waals surface area contributed by atoms with Crippen molar-refractivity contribution in [1.82, 2.24) is 10.2 Å². The highest BCUT2D eigenvalue weighted by Crippen LogP contribution is 2.30. The van der Waals surface area contributed by atoms with Gasteiger partial charge in [0.1, 0.15) is 12.6 Å². The first kappa shape index (κ1) is 36.0. The summed E-state index contributed by atoms with van der Waals surface area (Å²) in [7, 11) is -4.21. The van der Waals surface area contributed by atoms with E-state index in [1.165, 1.54) is 17.0 Å². The highest BCUT2D eigenvalue weighted by molar-refractivity contribution is 7.92. The van der Waals surface area contributed by atoms with Crippen LogP contribution >= 0.6 is 23.2 Å². The molecule has 1 atom stereocenters. The lowest BCUT2D eigenvalue weighted by Crippen LogP contribution is -2.56. The second-order valence-corrected chi connectivity index (χ2v) is 15.5. The number of halogens is 2. The molecule has 7 nitrogen and oxygen atoms in total. The van der Waals surface area contributed by atoms with Crippen LogP contribution in [0.3, 0.4) is 0 Å². The quantitative estimate of drug-likeness (QED) is 0.175. The fourth-order valence-electron chi connectivity index (χ4n) is 5.28. The van der Waals surface area contributed by atoms with Crippen molar-refractivity contribution >= 4 is 50.7 Å². The molecular weight excluding hydrogens is 653 g/mol. The summed E-state index contributed by atoms with van der Waals surface area (Å²) in [5.41, 5.74) is 3.70. The summed E-state index contributed by atoms with van der Waals surface area (Å²) in [5, 5.41) is 3.77. The second kappa shape index (κ2) is 14.9. The number of carbonyl (C=O) groups is 2. The molecule has 0 aliphatic carbocycles. The molecule has 0 radical (unpaired) electrons. The Hall–Kier alpha value is -3.85. The molecule has 0 bridgehead atoms. The molecule has 248 valence electrons. The number of sulfonamides is 1. The molecule has 4 rings (SSSR count). The molecule has 4 aromatic rings. The zero-order chi connectivity index (χ0) is 34.5. The predicted molar refractivity (Wildman–Crippen MR) is 190 cm³/mol. The van der Waals surface area contributed by atoms with Crippen LogP contribution in [0.1, 0.15) is 48.6 Å². The number of hydrogen-bond acceptors (Lipinski definition) is 4. The number of nitrogens with one attached hydrogen (secondary N) is 1. The maximum Gasteiger partial charge on any atom is 0.264 e. The van der Waals surface area contributed by atoms with E-state index >= 15 is 0 Å². The minimum absolute atomic E-state index is 0.0504. The number of nitrogens with zero attached hydrogens (tertiary/aromatic N) is 2. The van der Waals surface area contributed by atoms with Gasteiger partial charge in [-0.2, -0.15) is 0 Å². The molecule has 47 heavy (non-hydrogen) atoms. The van der Waals surface area contributed by atoms with Crippen LogP contribution in [0.5, 0.6) is 0 Å². The number of anilines is 1. The van der Waals surface area contributed by atoms with Crippen LogP contribution in [0, 0.1) is 20.8 Å². The first-order chi connectivity index (χ1) is 22.0. The summed E-state index contributed by atoms with van der Waals surface area (Å²) < 4.78 is 29.8. The van der Waals surface area contributed by atoms with Gasteiger partial charge in [-0.25, -0.2) is 8.42 Å². The molecule has 0 saturated heterocycles. The molecule has 0 saturated carbocycles. The third-order valence-electron chi connectivity index (χ3n) is 7.63. The molecule has 0 heterocycles. The predicted octanol–water partition coefficient (Wildman–Crippen LogP) is 7.67. The Balaban J connectivity index is 1.86. The molecular formula is C37H41Cl2N3O4S. The van der Waals surface area contributed by atoms with Crippen molar-refractivity contribution in [3.8, 4) is 0 Å². The first-order valence-corrected chi connectivity index (χ1v) is 17.5. The van der Waals surface area contributed by atoms with Crippen molar-refractivity contribution in [2.45, 2.75) is 71.0 Å². The van der Waals surface area contributed by atoms with Crippen LogP contribution in [0.25, 0.3) is 0 Å². The van der Waals surface area contributed by atoms with E-state index < -0.39 is 34.1 Å². The van der Waals surface area contributed by atoms with Gasteiger partial charge in [-0.3, -0.25) is 13.9 Å². The van der Waals surface area contributed by atoms with Gasteiger partial charge in [0.15, 0.2) is 0 Å². The molecule has 10 heteroatoms. The lowest BCUT2D eigenvalue weighted by atomic mass is 10.0. The summed E-state index contributed by atoms with van der Waals surface area (Å²) in [6.45, 7) is 10.6. The smallest absolute Gasteiger partial charge is 0.264 e. The zero-order valence-corrected chi connectivity index (χ0v) is 29.9. The molecule has 0 aromatic heterocycles. The normalized spacial score (nSPS) is 12.3. The standard InChI is InChI=1S/C37H41Cl2N3O4S/c1-25-12-17-31(18-13-25)47(45,46)42(33-19-14-26(2)20-27(33)3)24-35(43)41(23-29-15-16-30(38)22-32(29)39)34(36(44)40-37(4,5)6)21-28-10-8-7-9-11-28/h7-20,22,34H,21,23-24H2,1-6H3,(H,40,44)/t34-/m1/s1. The summed E-state index contributed by atoms with van der Waals surface area (Å²) in [6.07, 6.45) is 0.188. The summed E-state index contributed by atoms with van der Waals surface area (Å²) in [5.74, 6) is -0.948. The van der Waals surface area contributed by atoms with E-state index in [4.69, 9.17) is 23.2 Å². The van der Waals surface area contributed by atoms with Gasteiger partial charge in [0.05, 0.1) is 10.6 Å². The maximum absolute atomic E-state index is 14.7. The monoisotopic (exact) mass is 693 g/mol. The highest BCUT2D eigenvalue weighted by Gasteiger charge is 2.36. The minimum atomic E-state index is -4.21. The summed E-state index contributed by atoms with van der Waals surface area (Å²) in [6, 6.07) is 25.2.